The highest BCUT2D eigenvalue weighted by Crippen LogP contribution is 2.22. The number of aromatic nitrogens is 1. The predicted octanol–water partition coefficient (Wildman–Crippen LogP) is 5.05. The lowest BCUT2D eigenvalue weighted by molar-refractivity contribution is -0.118. The second kappa shape index (κ2) is 12.5. The van der Waals surface area contributed by atoms with Gasteiger partial charge in [-0.25, -0.2) is 4.98 Å². The summed E-state index contributed by atoms with van der Waals surface area (Å²) in [6.07, 6.45) is 1.57. The molecule has 0 aliphatic heterocycles. The molecular weight excluding hydrogens is 504 g/mol. The van der Waals surface area contributed by atoms with Gasteiger partial charge in [-0.05, 0) is 55.3 Å². The molecule has 0 spiro atoms. The molecule has 4 rings (SSSR count). The number of anilines is 3. The highest BCUT2D eigenvalue weighted by atomic mass is 32.1. The van der Waals surface area contributed by atoms with E-state index < -0.39 is 17.7 Å². The Balaban J connectivity index is 1.47. The highest BCUT2D eigenvalue weighted by molar-refractivity contribution is 7.13. The van der Waals surface area contributed by atoms with Crippen molar-refractivity contribution in [3.05, 3.63) is 95.0 Å². The topological polar surface area (TPSA) is 119 Å². The summed E-state index contributed by atoms with van der Waals surface area (Å²) >= 11 is 1.27. The second-order valence-corrected chi connectivity index (χ2v) is 9.19. The lowest BCUT2D eigenvalue weighted by atomic mass is 10.1. The van der Waals surface area contributed by atoms with Crippen LogP contribution in [0.1, 0.15) is 21.5 Å². The molecule has 194 valence electrons. The minimum atomic E-state index is -0.445. The van der Waals surface area contributed by atoms with Crippen LogP contribution in [0.5, 0.6) is 11.5 Å². The number of carbonyl (C=O) groups is 3. The molecule has 1 heterocycles. The summed E-state index contributed by atoms with van der Waals surface area (Å²) in [5, 5.41) is 10.3. The number of thiazole rings is 1. The van der Waals surface area contributed by atoms with E-state index in [2.05, 4.69) is 20.9 Å². The van der Waals surface area contributed by atoms with Crippen LogP contribution in [0, 0.1) is 13.8 Å². The number of rotatable bonds is 10. The molecule has 9 nitrogen and oxygen atoms in total. The van der Waals surface area contributed by atoms with Gasteiger partial charge in [0.1, 0.15) is 11.5 Å². The summed E-state index contributed by atoms with van der Waals surface area (Å²) in [5.74, 6) is -0.0997. The van der Waals surface area contributed by atoms with Crippen molar-refractivity contribution in [2.45, 2.75) is 13.8 Å². The van der Waals surface area contributed by atoms with E-state index >= 15 is 0 Å². The van der Waals surface area contributed by atoms with E-state index in [0.717, 1.165) is 11.1 Å². The van der Waals surface area contributed by atoms with Crippen molar-refractivity contribution in [3.8, 4) is 11.5 Å². The zero-order chi connectivity index (χ0) is 26.9. The van der Waals surface area contributed by atoms with E-state index in [1.165, 1.54) is 23.5 Å². The number of nitrogens with zero attached hydrogens (tertiary/aromatic N) is 1. The van der Waals surface area contributed by atoms with E-state index in [1.807, 2.05) is 50.2 Å². The fraction of sp³-hybridized carbons (Fsp3) is 0.143. The maximum atomic E-state index is 12.9. The highest BCUT2D eigenvalue weighted by Gasteiger charge is 2.14. The molecule has 3 aromatic carbocycles. The number of ether oxygens (including phenoxy) is 2. The summed E-state index contributed by atoms with van der Waals surface area (Å²) in [6.45, 7) is 3.31. The quantitative estimate of drug-likeness (QED) is 0.264. The van der Waals surface area contributed by atoms with Crippen LogP contribution < -0.4 is 25.4 Å². The van der Waals surface area contributed by atoms with Gasteiger partial charge in [0, 0.05) is 28.5 Å². The molecule has 0 atom stereocenters. The summed E-state index contributed by atoms with van der Waals surface area (Å²) in [6, 6.07) is 19.3. The minimum Gasteiger partial charge on any atom is -0.483 e. The molecule has 3 amide bonds. The van der Waals surface area contributed by atoms with Gasteiger partial charge in [-0.1, -0.05) is 36.4 Å². The Kier molecular flexibility index (Phi) is 8.68. The average molecular weight is 531 g/mol. The van der Waals surface area contributed by atoms with Crippen LogP contribution in [0.4, 0.5) is 16.5 Å². The van der Waals surface area contributed by atoms with Gasteiger partial charge in [0.05, 0.1) is 0 Å². The Bertz CT molecular complexity index is 1360. The first kappa shape index (κ1) is 26.4. The number of hydrogen-bond donors (Lipinski definition) is 3. The minimum absolute atomic E-state index is 0.216. The van der Waals surface area contributed by atoms with Gasteiger partial charge in [0.15, 0.2) is 18.3 Å². The van der Waals surface area contributed by atoms with Gasteiger partial charge in [-0.3, -0.25) is 19.7 Å². The van der Waals surface area contributed by atoms with Gasteiger partial charge in [-0.15, -0.1) is 11.3 Å². The van der Waals surface area contributed by atoms with Crippen molar-refractivity contribution in [2.24, 2.45) is 0 Å². The fourth-order valence-electron chi connectivity index (χ4n) is 3.47. The van der Waals surface area contributed by atoms with Crippen molar-refractivity contribution in [1.82, 2.24) is 4.98 Å². The average Bonchev–Trinajstić information content (AvgIpc) is 3.40. The molecule has 0 unspecified atom stereocenters. The number of carbonyl (C=O) groups excluding carboxylic acids is 3. The zero-order valence-electron chi connectivity index (χ0n) is 20.8. The molecule has 38 heavy (non-hydrogen) atoms. The summed E-state index contributed by atoms with van der Waals surface area (Å²) < 4.78 is 11.2. The number of nitrogens with one attached hydrogen (secondary N) is 3. The molecule has 0 aliphatic rings. The maximum Gasteiger partial charge on any atom is 0.262 e. The third kappa shape index (κ3) is 7.40. The van der Waals surface area contributed by atoms with Crippen LogP contribution in [0.3, 0.4) is 0 Å². The molecule has 0 fully saturated rings. The number of aryl methyl sites for hydroxylation is 2. The summed E-state index contributed by atoms with van der Waals surface area (Å²) in [4.78, 5) is 42.1. The van der Waals surface area contributed by atoms with E-state index in [1.54, 1.807) is 29.8 Å². The molecule has 4 aromatic rings. The predicted molar refractivity (Wildman–Crippen MR) is 147 cm³/mol. The standard InChI is InChI=1S/C28H26N4O5S/c1-18-7-3-5-9-23(18)36-16-25(33)30-21-13-20(27(35)32-28-29-11-12-38-28)14-22(15-21)31-26(34)17-37-24-10-6-4-8-19(24)2/h3-15H,16-17H2,1-2H3,(H,30,33)(H,31,34)(H,29,32,35). The number of hydrogen-bond acceptors (Lipinski definition) is 7. The largest absolute Gasteiger partial charge is 0.483 e. The Labute approximate surface area is 223 Å². The Morgan fingerprint density at radius 2 is 1.29 bits per heavy atom. The third-order valence-corrected chi connectivity index (χ3v) is 6.01. The van der Waals surface area contributed by atoms with Crippen LogP contribution in [0.15, 0.2) is 78.3 Å². The Hall–Kier alpha value is -4.70. The van der Waals surface area contributed by atoms with Gasteiger partial charge in [0.25, 0.3) is 17.7 Å². The zero-order valence-corrected chi connectivity index (χ0v) is 21.6. The van der Waals surface area contributed by atoms with Gasteiger partial charge >= 0.3 is 0 Å². The Morgan fingerprint density at radius 3 is 1.76 bits per heavy atom. The van der Waals surface area contributed by atoms with E-state index in [0.29, 0.717) is 28.0 Å². The third-order valence-electron chi connectivity index (χ3n) is 5.32. The van der Waals surface area contributed by atoms with E-state index in [9.17, 15) is 14.4 Å². The molecule has 0 saturated heterocycles. The molecule has 10 heteroatoms. The first-order chi connectivity index (χ1) is 18.4. The molecular formula is C28H26N4O5S. The summed E-state index contributed by atoms with van der Waals surface area (Å²) in [5.41, 5.74) is 2.64. The van der Waals surface area contributed by atoms with Gasteiger partial charge < -0.3 is 20.1 Å². The monoisotopic (exact) mass is 530 g/mol. The Morgan fingerprint density at radius 1 is 0.763 bits per heavy atom. The lowest BCUT2D eigenvalue weighted by Crippen LogP contribution is -2.23. The molecule has 3 N–H and O–H groups in total. The van der Waals surface area contributed by atoms with Crippen molar-refractivity contribution in [1.29, 1.82) is 0 Å². The molecule has 0 radical (unpaired) electrons. The maximum absolute atomic E-state index is 12.9. The lowest BCUT2D eigenvalue weighted by Gasteiger charge is -2.13. The smallest absolute Gasteiger partial charge is 0.262 e. The van der Waals surface area contributed by atoms with Crippen molar-refractivity contribution in [3.63, 3.8) is 0 Å². The first-order valence-corrected chi connectivity index (χ1v) is 12.6. The molecule has 0 saturated carbocycles. The second-order valence-electron chi connectivity index (χ2n) is 8.30. The SMILES string of the molecule is Cc1ccccc1OCC(=O)Nc1cc(NC(=O)COc2ccccc2C)cc(C(=O)Nc2nccs2)c1. The van der Waals surface area contributed by atoms with Crippen molar-refractivity contribution >= 4 is 45.6 Å². The fourth-order valence-corrected chi connectivity index (χ4v) is 4.00. The van der Waals surface area contributed by atoms with Crippen LogP contribution in [0.25, 0.3) is 0 Å². The van der Waals surface area contributed by atoms with Gasteiger partial charge in [-0.2, -0.15) is 0 Å². The molecule has 0 aliphatic carbocycles. The van der Waals surface area contributed by atoms with E-state index in [4.69, 9.17) is 9.47 Å². The molecule has 0 bridgehead atoms. The van der Waals surface area contributed by atoms with Crippen LogP contribution >= 0.6 is 11.3 Å². The number of para-hydroxylation sites is 2. The van der Waals surface area contributed by atoms with Crippen LogP contribution in [-0.4, -0.2) is 35.9 Å². The normalized spacial score (nSPS) is 10.4. The van der Waals surface area contributed by atoms with Crippen LogP contribution in [-0.2, 0) is 9.59 Å². The van der Waals surface area contributed by atoms with Crippen LogP contribution in [0.2, 0.25) is 0 Å². The van der Waals surface area contributed by atoms with E-state index in [-0.39, 0.29) is 18.8 Å². The van der Waals surface area contributed by atoms with Crippen molar-refractivity contribution < 1.29 is 23.9 Å². The number of benzene rings is 3. The number of amides is 3. The molecule has 1 aromatic heterocycles. The van der Waals surface area contributed by atoms with Gasteiger partial charge in [0.2, 0.25) is 0 Å². The summed E-state index contributed by atoms with van der Waals surface area (Å²) in [7, 11) is 0. The first-order valence-electron chi connectivity index (χ1n) is 11.7. The van der Waals surface area contributed by atoms with Crippen molar-refractivity contribution in [2.75, 3.05) is 29.2 Å².